The Morgan fingerprint density at radius 3 is 2.86 bits per heavy atom. The van der Waals surface area contributed by atoms with Gasteiger partial charge in [0.2, 0.25) is 0 Å². The Hall–Kier alpha value is -2.74. The zero-order valence-electron chi connectivity index (χ0n) is 10.8. The lowest BCUT2D eigenvalue weighted by Crippen LogP contribution is -1.96. The molecule has 0 fully saturated rings. The molecular formula is C13H10N2O5S. The highest BCUT2D eigenvalue weighted by molar-refractivity contribution is 7.14. The lowest BCUT2D eigenvalue weighted by Gasteiger charge is -1.97. The van der Waals surface area contributed by atoms with Crippen LogP contribution in [-0.4, -0.2) is 28.1 Å². The van der Waals surface area contributed by atoms with Crippen LogP contribution in [0.1, 0.15) is 20.2 Å². The normalized spacial score (nSPS) is 10.7. The van der Waals surface area contributed by atoms with Crippen LogP contribution in [0.5, 0.6) is 5.75 Å². The number of rotatable bonds is 4. The summed E-state index contributed by atoms with van der Waals surface area (Å²) >= 11 is 1.15. The van der Waals surface area contributed by atoms with Crippen molar-refractivity contribution in [3.05, 3.63) is 50.0 Å². The number of ether oxygens (including phenoxy) is 1. The van der Waals surface area contributed by atoms with Gasteiger partial charge >= 0.3 is 11.7 Å². The molecule has 21 heavy (non-hydrogen) atoms. The number of benzene rings is 1. The molecule has 0 radical (unpaired) electrons. The van der Waals surface area contributed by atoms with Gasteiger partial charge in [-0.1, -0.05) is 6.08 Å². The summed E-state index contributed by atoms with van der Waals surface area (Å²) in [4.78, 5) is 25.6. The fourth-order valence-corrected chi connectivity index (χ4v) is 2.26. The predicted molar refractivity (Wildman–Crippen MR) is 77.1 cm³/mol. The fraction of sp³-hybridized carbons (Fsp3) is 0.0769. The van der Waals surface area contributed by atoms with Crippen molar-refractivity contribution in [2.24, 2.45) is 0 Å². The molecule has 7 nitrogen and oxygen atoms in total. The van der Waals surface area contributed by atoms with Crippen molar-refractivity contribution in [1.82, 2.24) is 4.98 Å². The number of nitro groups is 1. The Labute approximate surface area is 123 Å². The van der Waals surface area contributed by atoms with Crippen LogP contribution in [0.4, 0.5) is 5.69 Å². The fourth-order valence-electron chi connectivity index (χ4n) is 1.53. The van der Waals surface area contributed by atoms with Crippen LogP contribution in [0.15, 0.2) is 24.4 Å². The monoisotopic (exact) mass is 306 g/mol. The van der Waals surface area contributed by atoms with Gasteiger partial charge in [0.15, 0.2) is 5.75 Å². The molecule has 1 aromatic heterocycles. The Kier molecular flexibility index (Phi) is 4.29. The van der Waals surface area contributed by atoms with Crippen LogP contribution in [0.2, 0.25) is 0 Å². The van der Waals surface area contributed by atoms with Gasteiger partial charge in [-0.2, -0.15) is 0 Å². The Bertz CT molecular complexity index is 723. The third kappa shape index (κ3) is 3.42. The van der Waals surface area contributed by atoms with Crippen LogP contribution in [0, 0.1) is 10.1 Å². The van der Waals surface area contributed by atoms with Crippen molar-refractivity contribution >= 4 is 35.1 Å². The summed E-state index contributed by atoms with van der Waals surface area (Å²) in [5.41, 5.74) is 0.224. The molecule has 0 atom stereocenters. The number of nitrogens with zero attached hydrogens (tertiary/aromatic N) is 2. The number of esters is 1. The van der Waals surface area contributed by atoms with E-state index in [1.54, 1.807) is 12.2 Å². The minimum absolute atomic E-state index is 0.352. The van der Waals surface area contributed by atoms with E-state index in [4.69, 9.17) is 0 Å². The maximum absolute atomic E-state index is 11.3. The number of nitro benzene ring substituents is 1. The highest BCUT2D eigenvalue weighted by Gasteiger charge is 2.12. The number of hydrogen-bond acceptors (Lipinski definition) is 7. The maximum atomic E-state index is 11.3. The van der Waals surface area contributed by atoms with E-state index in [0.29, 0.717) is 15.4 Å². The Morgan fingerprint density at radius 1 is 1.48 bits per heavy atom. The number of carbonyl (C=O) groups excluding carboxylic acids is 1. The van der Waals surface area contributed by atoms with Gasteiger partial charge in [-0.3, -0.25) is 10.1 Å². The van der Waals surface area contributed by atoms with Crippen LogP contribution in [0.3, 0.4) is 0 Å². The topological polar surface area (TPSA) is 103 Å². The number of hydrogen-bond donors (Lipinski definition) is 1. The predicted octanol–water partition coefficient (Wildman–Crippen LogP) is 2.71. The average Bonchev–Trinajstić information content (AvgIpc) is 2.92. The van der Waals surface area contributed by atoms with Gasteiger partial charge in [-0.05, 0) is 23.8 Å². The molecule has 0 bridgehead atoms. The number of thiazole rings is 1. The lowest BCUT2D eigenvalue weighted by molar-refractivity contribution is -0.385. The van der Waals surface area contributed by atoms with Gasteiger partial charge < -0.3 is 9.84 Å². The first-order valence-electron chi connectivity index (χ1n) is 5.71. The quantitative estimate of drug-likeness (QED) is 0.529. The average molecular weight is 306 g/mol. The Morgan fingerprint density at radius 2 is 2.24 bits per heavy atom. The zero-order chi connectivity index (χ0) is 15.4. The third-order valence-electron chi connectivity index (χ3n) is 2.52. The molecule has 1 heterocycles. The van der Waals surface area contributed by atoms with Crippen molar-refractivity contribution < 1.29 is 19.6 Å². The van der Waals surface area contributed by atoms with Gasteiger partial charge in [0.1, 0.15) is 9.88 Å². The molecule has 8 heteroatoms. The number of aromatic nitrogens is 1. The molecular weight excluding hydrogens is 296 g/mol. The van der Waals surface area contributed by atoms with E-state index in [1.807, 2.05) is 0 Å². The number of phenols is 1. The van der Waals surface area contributed by atoms with Gasteiger partial charge in [0, 0.05) is 6.07 Å². The van der Waals surface area contributed by atoms with E-state index in [9.17, 15) is 20.0 Å². The van der Waals surface area contributed by atoms with E-state index in [0.717, 1.165) is 11.3 Å². The Balaban J connectivity index is 2.18. The summed E-state index contributed by atoms with van der Waals surface area (Å²) < 4.78 is 4.57. The second-order valence-corrected chi connectivity index (χ2v) is 4.96. The summed E-state index contributed by atoms with van der Waals surface area (Å²) in [6.45, 7) is 0. The van der Waals surface area contributed by atoms with Crippen LogP contribution < -0.4 is 0 Å². The summed E-state index contributed by atoms with van der Waals surface area (Å²) in [5, 5.41) is 20.7. The van der Waals surface area contributed by atoms with Crippen LogP contribution >= 0.6 is 11.3 Å². The molecule has 0 aliphatic heterocycles. The van der Waals surface area contributed by atoms with E-state index in [-0.39, 0.29) is 5.69 Å². The van der Waals surface area contributed by atoms with Crippen molar-refractivity contribution in [2.45, 2.75) is 0 Å². The number of aromatic hydroxyl groups is 1. The second kappa shape index (κ2) is 6.14. The highest BCUT2D eigenvalue weighted by atomic mass is 32.1. The van der Waals surface area contributed by atoms with Crippen molar-refractivity contribution in [3.63, 3.8) is 0 Å². The summed E-state index contributed by atoms with van der Waals surface area (Å²) in [6.07, 6.45) is 4.67. The third-order valence-corrected chi connectivity index (χ3v) is 3.47. The summed E-state index contributed by atoms with van der Waals surface area (Å²) in [5.74, 6) is -0.864. The molecule has 0 unspecified atom stereocenters. The molecule has 2 rings (SSSR count). The highest BCUT2D eigenvalue weighted by Crippen LogP contribution is 2.27. The van der Waals surface area contributed by atoms with Crippen LogP contribution in [-0.2, 0) is 4.74 Å². The first kappa shape index (κ1) is 14.7. The summed E-state index contributed by atoms with van der Waals surface area (Å²) in [6, 6.07) is 4.00. The van der Waals surface area contributed by atoms with E-state index < -0.39 is 16.6 Å². The molecule has 0 aliphatic carbocycles. The standard InChI is InChI=1S/C13H10N2O5S/c1-20-13(17)11-7-14-12(21-11)5-3-8-2-4-9(15(18)19)10(16)6-8/h2-7,16H,1H3/b5-3+. The smallest absolute Gasteiger partial charge is 0.349 e. The molecule has 1 aromatic carbocycles. The molecule has 2 aromatic rings. The van der Waals surface area contributed by atoms with Crippen molar-refractivity contribution in [1.29, 1.82) is 0 Å². The molecule has 0 spiro atoms. The second-order valence-electron chi connectivity index (χ2n) is 3.89. The number of phenolic OH excluding ortho intramolecular Hbond substituents is 1. The number of methoxy groups -OCH3 is 1. The molecule has 0 amide bonds. The molecule has 1 N–H and O–H groups in total. The largest absolute Gasteiger partial charge is 0.502 e. The first-order valence-corrected chi connectivity index (χ1v) is 6.52. The maximum Gasteiger partial charge on any atom is 0.349 e. The van der Waals surface area contributed by atoms with Crippen LogP contribution in [0.25, 0.3) is 12.2 Å². The minimum Gasteiger partial charge on any atom is -0.502 e. The molecule has 0 saturated heterocycles. The van der Waals surface area contributed by atoms with E-state index >= 15 is 0 Å². The zero-order valence-corrected chi connectivity index (χ0v) is 11.7. The van der Waals surface area contributed by atoms with Crippen molar-refractivity contribution in [3.8, 4) is 5.75 Å². The van der Waals surface area contributed by atoms with Gasteiger partial charge in [-0.25, -0.2) is 9.78 Å². The SMILES string of the molecule is COC(=O)c1cnc(/C=C/c2ccc([N+](=O)[O-])c(O)c2)s1. The molecule has 108 valence electrons. The molecule has 0 aliphatic rings. The van der Waals surface area contributed by atoms with E-state index in [1.165, 1.54) is 31.5 Å². The minimum atomic E-state index is -0.660. The van der Waals surface area contributed by atoms with Gasteiger partial charge in [0.25, 0.3) is 0 Å². The first-order chi connectivity index (χ1) is 10.0. The number of carbonyl (C=O) groups is 1. The van der Waals surface area contributed by atoms with Gasteiger partial charge in [-0.15, -0.1) is 11.3 Å². The van der Waals surface area contributed by atoms with Gasteiger partial charge in [0.05, 0.1) is 18.2 Å². The van der Waals surface area contributed by atoms with E-state index in [2.05, 4.69) is 9.72 Å². The molecule has 0 saturated carbocycles. The summed E-state index contributed by atoms with van der Waals surface area (Å²) in [7, 11) is 1.29. The van der Waals surface area contributed by atoms with Crippen molar-refractivity contribution in [2.75, 3.05) is 7.11 Å². The lowest BCUT2D eigenvalue weighted by atomic mass is 10.2.